The molecule has 0 amide bonds. The third-order valence-corrected chi connectivity index (χ3v) is 2.57. The lowest BCUT2D eigenvalue weighted by atomic mass is 10.1. The Bertz CT molecular complexity index is 372. The molecule has 1 aromatic carbocycles. The number of allylic oxidation sites excluding steroid dienone is 1. The molecule has 16 heavy (non-hydrogen) atoms. The van der Waals surface area contributed by atoms with Gasteiger partial charge in [0, 0.05) is 5.33 Å². The van der Waals surface area contributed by atoms with Crippen molar-refractivity contribution < 1.29 is 9.53 Å². The van der Waals surface area contributed by atoms with Crippen LogP contribution in [0.1, 0.15) is 17.5 Å². The van der Waals surface area contributed by atoms with Gasteiger partial charge in [-0.1, -0.05) is 52.3 Å². The monoisotopic (exact) mass is 282 g/mol. The summed E-state index contributed by atoms with van der Waals surface area (Å²) in [5.74, 6) is -0.207. The number of methoxy groups -OCH3 is 1. The zero-order valence-corrected chi connectivity index (χ0v) is 10.9. The quantitative estimate of drug-likeness (QED) is 0.612. The maximum atomic E-state index is 11.1. The van der Waals surface area contributed by atoms with Crippen LogP contribution >= 0.6 is 15.9 Å². The summed E-state index contributed by atoms with van der Waals surface area (Å²) in [4.78, 5) is 11.1. The molecule has 0 fully saturated rings. The minimum Gasteiger partial charge on any atom is -0.469 e. The van der Waals surface area contributed by atoms with Crippen molar-refractivity contribution in [1.82, 2.24) is 0 Å². The molecule has 0 N–H and O–H groups in total. The van der Waals surface area contributed by atoms with Crippen molar-refractivity contribution in [2.45, 2.75) is 12.8 Å². The average Bonchev–Trinajstić information content (AvgIpc) is 2.30. The molecule has 0 radical (unpaired) electrons. The molecular formula is C13H15BrO2. The van der Waals surface area contributed by atoms with E-state index in [0.29, 0.717) is 6.42 Å². The van der Waals surface area contributed by atoms with E-state index in [9.17, 15) is 4.79 Å². The number of hydrogen-bond acceptors (Lipinski definition) is 2. The van der Waals surface area contributed by atoms with E-state index in [1.54, 1.807) is 0 Å². The molecule has 0 atom stereocenters. The topological polar surface area (TPSA) is 26.3 Å². The number of benzene rings is 1. The zero-order valence-electron chi connectivity index (χ0n) is 9.28. The van der Waals surface area contributed by atoms with Crippen molar-refractivity contribution in [3.05, 3.63) is 41.5 Å². The van der Waals surface area contributed by atoms with Crippen molar-refractivity contribution >= 4 is 28.0 Å². The van der Waals surface area contributed by atoms with E-state index in [0.717, 1.165) is 22.9 Å². The number of alkyl halides is 1. The van der Waals surface area contributed by atoms with E-state index >= 15 is 0 Å². The number of halogens is 1. The van der Waals surface area contributed by atoms with E-state index < -0.39 is 0 Å². The molecule has 0 aliphatic carbocycles. The Hall–Kier alpha value is -1.09. The highest BCUT2D eigenvalue weighted by Gasteiger charge is 2.02. The van der Waals surface area contributed by atoms with Crippen molar-refractivity contribution in [3.8, 4) is 0 Å². The molecule has 3 heteroatoms. The van der Waals surface area contributed by atoms with Crippen LogP contribution in [0.4, 0.5) is 0 Å². The Morgan fingerprint density at radius 3 is 3.00 bits per heavy atom. The van der Waals surface area contributed by atoms with Crippen LogP contribution < -0.4 is 0 Å². The number of rotatable bonds is 5. The second-order valence-corrected chi connectivity index (χ2v) is 4.17. The van der Waals surface area contributed by atoms with Gasteiger partial charge in [0.25, 0.3) is 0 Å². The first-order valence-corrected chi connectivity index (χ1v) is 6.26. The smallest absolute Gasteiger partial charge is 0.309 e. The third-order valence-electron chi connectivity index (χ3n) is 2.11. The minimum absolute atomic E-state index is 0.207. The molecule has 0 aliphatic rings. The van der Waals surface area contributed by atoms with Gasteiger partial charge < -0.3 is 4.74 Å². The second-order valence-electron chi connectivity index (χ2n) is 3.38. The lowest BCUT2D eigenvalue weighted by molar-refractivity contribution is -0.139. The number of ether oxygens (including phenoxy) is 1. The van der Waals surface area contributed by atoms with E-state index in [1.807, 2.05) is 24.3 Å². The third kappa shape index (κ3) is 4.62. The van der Waals surface area contributed by atoms with Gasteiger partial charge in [-0.15, -0.1) is 0 Å². The van der Waals surface area contributed by atoms with E-state index in [2.05, 4.69) is 32.8 Å². The lowest BCUT2D eigenvalue weighted by Gasteiger charge is -2.01. The summed E-state index contributed by atoms with van der Waals surface area (Å²) in [6.45, 7) is 0. The summed E-state index contributed by atoms with van der Waals surface area (Å²) in [7, 11) is 1.40. The molecule has 0 spiro atoms. The van der Waals surface area contributed by atoms with Gasteiger partial charge in [-0.25, -0.2) is 0 Å². The molecule has 0 aromatic heterocycles. The number of carbonyl (C=O) groups excluding carboxylic acids is 1. The van der Waals surface area contributed by atoms with Crippen molar-refractivity contribution in [3.63, 3.8) is 0 Å². The fourth-order valence-corrected chi connectivity index (χ4v) is 1.59. The Morgan fingerprint density at radius 1 is 1.50 bits per heavy atom. The maximum Gasteiger partial charge on any atom is 0.309 e. The van der Waals surface area contributed by atoms with Gasteiger partial charge in [0.05, 0.1) is 13.5 Å². The van der Waals surface area contributed by atoms with Gasteiger partial charge in [0.2, 0.25) is 0 Å². The van der Waals surface area contributed by atoms with Gasteiger partial charge in [-0.3, -0.25) is 4.79 Å². The van der Waals surface area contributed by atoms with Crippen molar-refractivity contribution in [2.24, 2.45) is 0 Å². The predicted molar refractivity (Wildman–Crippen MR) is 69.6 cm³/mol. The summed E-state index contributed by atoms with van der Waals surface area (Å²) in [6.07, 6.45) is 5.49. The fourth-order valence-electron chi connectivity index (χ4n) is 1.33. The van der Waals surface area contributed by atoms with Gasteiger partial charge in [-0.05, 0) is 17.5 Å². The summed E-state index contributed by atoms with van der Waals surface area (Å²) in [5.41, 5.74) is 2.09. The highest BCUT2D eigenvalue weighted by Crippen LogP contribution is 2.09. The van der Waals surface area contributed by atoms with Crippen LogP contribution in [0, 0.1) is 0 Å². The highest BCUT2D eigenvalue weighted by molar-refractivity contribution is 9.09. The maximum absolute atomic E-state index is 11.1. The second kappa shape index (κ2) is 7.23. The predicted octanol–water partition coefficient (Wildman–Crippen LogP) is 3.20. The summed E-state index contributed by atoms with van der Waals surface area (Å²) < 4.78 is 4.63. The van der Waals surface area contributed by atoms with E-state index in [4.69, 9.17) is 0 Å². The molecule has 2 nitrogen and oxygen atoms in total. The molecule has 0 aliphatic heterocycles. The minimum atomic E-state index is -0.207. The normalized spacial score (nSPS) is 10.6. The van der Waals surface area contributed by atoms with E-state index in [1.165, 1.54) is 7.11 Å². The highest BCUT2D eigenvalue weighted by atomic mass is 79.9. The molecule has 0 saturated carbocycles. The van der Waals surface area contributed by atoms with Crippen LogP contribution in [0.3, 0.4) is 0 Å². The molecule has 86 valence electrons. The fraction of sp³-hybridized carbons (Fsp3) is 0.308. The molecule has 0 heterocycles. The number of carbonyl (C=O) groups is 1. The molecule has 1 rings (SSSR count). The van der Waals surface area contributed by atoms with Crippen LogP contribution in [0.5, 0.6) is 0 Å². The van der Waals surface area contributed by atoms with E-state index in [-0.39, 0.29) is 5.97 Å². The van der Waals surface area contributed by atoms with Crippen molar-refractivity contribution in [1.29, 1.82) is 0 Å². The van der Waals surface area contributed by atoms with Gasteiger partial charge in [0.15, 0.2) is 0 Å². The largest absolute Gasteiger partial charge is 0.469 e. The Balaban J connectivity index is 2.67. The molecule has 0 bridgehead atoms. The van der Waals surface area contributed by atoms with Crippen LogP contribution in [-0.4, -0.2) is 18.4 Å². The first-order chi connectivity index (χ1) is 7.76. The Kier molecular flexibility index (Phi) is 5.86. The van der Waals surface area contributed by atoms with Crippen LogP contribution in [-0.2, 0) is 16.0 Å². The lowest BCUT2D eigenvalue weighted by Crippen LogP contribution is -2.04. The van der Waals surface area contributed by atoms with Crippen molar-refractivity contribution in [2.75, 3.05) is 12.4 Å². The number of esters is 1. The molecule has 0 unspecified atom stereocenters. The van der Waals surface area contributed by atoms with Crippen LogP contribution in [0.25, 0.3) is 6.08 Å². The van der Waals surface area contributed by atoms with Crippen LogP contribution in [0.2, 0.25) is 0 Å². The average molecular weight is 283 g/mol. The number of hydrogen-bond donors (Lipinski definition) is 0. The van der Waals surface area contributed by atoms with Gasteiger partial charge in [-0.2, -0.15) is 0 Å². The zero-order chi connectivity index (χ0) is 11.8. The van der Waals surface area contributed by atoms with Gasteiger partial charge >= 0.3 is 5.97 Å². The SMILES string of the molecule is COC(=O)Cc1cccc(C=CCCBr)c1. The summed E-state index contributed by atoms with van der Waals surface area (Å²) in [5, 5.41) is 0.964. The summed E-state index contributed by atoms with van der Waals surface area (Å²) >= 11 is 3.37. The van der Waals surface area contributed by atoms with Gasteiger partial charge in [0.1, 0.15) is 0 Å². The standard InChI is InChI=1S/C13H15BrO2/c1-16-13(15)10-12-7-4-6-11(9-12)5-2-3-8-14/h2,4-7,9H,3,8,10H2,1H3. The Labute approximate surface area is 104 Å². The molecule has 1 aromatic rings. The first kappa shape index (κ1) is 13.0. The molecular weight excluding hydrogens is 268 g/mol. The van der Waals surface area contributed by atoms with Crippen LogP contribution in [0.15, 0.2) is 30.3 Å². The Morgan fingerprint density at radius 2 is 2.31 bits per heavy atom. The first-order valence-electron chi connectivity index (χ1n) is 5.14. The molecule has 0 saturated heterocycles. The summed E-state index contributed by atoms with van der Waals surface area (Å²) in [6, 6.07) is 7.90.